The van der Waals surface area contributed by atoms with Gasteiger partial charge in [0, 0.05) is 4.88 Å². The summed E-state index contributed by atoms with van der Waals surface area (Å²) >= 11 is 1.59. The van der Waals surface area contributed by atoms with Crippen LogP contribution in [0, 0.1) is 6.92 Å². The van der Waals surface area contributed by atoms with Gasteiger partial charge < -0.3 is 5.32 Å². The Hall–Kier alpha value is -2.67. The predicted molar refractivity (Wildman–Crippen MR) is 97.6 cm³/mol. The molecule has 1 atom stereocenters. The molecule has 7 heteroatoms. The van der Waals surface area contributed by atoms with Gasteiger partial charge in [0.2, 0.25) is 5.91 Å². The summed E-state index contributed by atoms with van der Waals surface area (Å²) in [5, 5.41) is 9.09. The molecule has 3 rings (SSSR count). The number of carbonyl (C=O) groups excluding carboxylic acids is 1. The van der Waals surface area contributed by atoms with Crippen LogP contribution in [0.5, 0.6) is 0 Å². The van der Waals surface area contributed by atoms with E-state index in [2.05, 4.69) is 10.4 Å². The lowest BCUT2D eigenvalue weighted by atomic mass is 10.2. The number of rotatable bonds is 6. The molecule has 2 heterocycles. The van der Waals surface area contributed by atoms with Crippen molar-refractivity contribution in [1.82, 2.24) is 19.7 Å². The van der Waals surface area contributed by atoms with Gasteiger partial charge in [-0.15, -0.1) is 11.3 Å². The molecule has 0 bridgehead atoms. The Morgan fingerprint density at radius 3 is 2.68 bits per heavy atom. The highest BCUT2D eigenvalue weighted by molar-refractivity contribution is 7.10. The largest absolute Gasteiger partial charge is 0.347 e. The van der Waals surface area contributed by atoms with Crippen molar-refractivity contribution in [1.29, 1.82) is 0 Å². The average Bonchev–Trinajstić information content (AvgIpc) is 3.21. The number of carbonyl (C=O) groups is 1. The van der Waals surface area contributed by atoms with Gasteiger partial charge in [0.15, 0.2) is 0 Å². The van der Waals surface area contributed by atoms with Crippen LogP contribution in [-0.4, -0.2) is 20.3 Å². The summed E-state index contributed by atoms with van der Waals surface area (Å²) < 4.78 is 2.79. The molecule has 3 aromatic rings. The minimum atomic E-state index is -0.278. The fraction of sp³-hybridized carbons (Fsp3) is 0.278. The molecule has 0 fully saturated rings. The molecule has 1 amide bonds. The SMILES string of the molecule is Cc1nn(CC(=O)N[C@@H](C)c2cccs2)c(=O)n1Cc1ccccc1. The fourth-order valence-corrected chi connectivity index (χ4v) is 3.37. The van der Waals surface area contributed by atoms with Crippen LogP contribution >= 0.6 is 11.3 Å². The third-order valence-electron chi connectivity index (χ3n) is 3.93. The summed E-state index contributed by atoms with van der Waals surface area (Å²) in [6.45, 7) is 4.05. The van der Waals surface area contributed by atoms with Crippen LogP contribution in [0.25, 0.3) is 0 Å². The Morgan fingerprint density at radius 2 is 2.00 bits per heavy atom. The summed E-state index contributed by atoms with van der Waals surface area (Å²) in [6.07, 6.45) is 0. The van der Waals surface area contributed by atoms with Crippen molar-refractivity contribution < 1.29 is 4.79 Å². The number of benzene rings is 1. The molecule has 0 aliphatic carbocycles. The molecule has 0 aliphatic rings. The van der Waals surface area contributed by atoms with Crippen molar-refractivity contribution >= 4 is 17.2 Å². The number of aryl methyl sites for hydroxylation is 1. The highest BCUT2D eigenvalue weighted by atomic mass is 32.1. The topological polar surface area (TPSA) is 68.9 Å². The van der Waals surface area contributed by atoms with Gasteiger partial charge in [-0.1, -0.05) is 36.4 Å². The fourth-order valence-electron chi connectivity index (χ4n) is 2.63. The van der Waals surface area contributed by atoms with Gasteiger partial charge in [0.05, 0.1) is 12.6 Å². The number of aromatic nitrogens is 3. The summed E-state index contributed by atoms with van der Waals surface area (Å²) in [4.78, 5) is 25.8. The smallest absolute Gasteiger partial charge is 0.346 e. The van der Waals surface area contributed by atoms with E-state index < -0.39 is 0 Å². The zero-order chi connectivity index (χ0) is 17.8. The van der Waals surface area contributed by atoms with E-state index in [1.807, 2.05) is 54.8 Å². The summed E-state index contributed by atoms with van der Waals surface area (Å²) in [6, 6.07) is 13.5. The van der Waals surface area contributed by atoms with Crippen molar-refractivity contribution in [2.45, 2.75) is 33.0 Å². The van der Waals surface area contributed by atoms with Gasteiger partial charge in [0.1, 0.15) is 12.4 Å². The molecule has 0 saturated carbocycles. The second-order valence-corrected chi connectivity index (χ2v) is 6.84. The van der Waals surface area contributed by atoms with Crippen molar-refractivity contribution in [2.75, 3.05) is 0 Å². The maximum atomic E-state index is 12.5. The Kier molecular flexibility index (Phi) is 5.14. The molecule has 0 aliphatic heterocycles. The molecule has 25 heavy (non-hydrogen) atoms. The van der Waals surface area contributed by atoms with E-state index in [4.69, 9.17) is 0 Å². The normalized spacial score (nSPS) is 12.1. The summed E-state index contributed by atoms with van der Waals surface area (Å²) in [5.41, 5.74) is 0.739. The second kappa shape index (κ2) is 7.48. The Labute approximate surface area is 149 Å². The van der Waals surface area contributed by atoms with E-state index >= 15 is 0 Å². The third kappa shape index (κ3) is 4.06. The molecule has 0 spiro atoms. The average molecular weight is 356 g/mol. The van der Waals surface area contributed by atoms with Crippen molar-refractivity contribution in [3.8, 4) is 0 Å². The molecule has 0 radical (unpaired) electrons. The van der Waals surface area contributed by atoms with Crippen LogP contribution < -0.4 is 11.0 Å². The Bertz CT molecular complexity index is 897. The molecule has 130 valence electrons. The minimum Gasteiger partial charge on any atom is -0.347 e. The van der Waals surface area contributed by atoms with Crippen molar-refractivity contribution in [3.05, 3.63) is 74.6 Å². The lowest BCUT2D eigenvalue weighted by Gasteiger charge is -2.11. The molecule has 6 nitrogen and oxygen atoms in total. The van der Waals surface area contributed by atoms with Crippen LogP contribution in [0.1, 0.15) is 29.2 Å². The lowest BCUT2D eigenvalue weighted by Crippen LogP contribution is -2.34. The van der Waals surface area contributed by atoms with E-state index in [1.54, 1.807) is 22.8 Å². The molecule has 1 N–H and O–H groups in total. The highest BCUT2D eigenvalue weighted by Crippen LogP contribution is 2.17. The minimum absolute atomic E-state index is 0.0861. The Morgan fingerprint density at radius 1 is 1.24 bits per heavy atom. The van der Waals surface area contributed by atoms with E-state index in [0.717, 1.165) is 10.4 Å². The van der Waals surface area contributed by atoms with E-state index in [-0.39, 0.29) is 24.2 Å². The zero-order valence-corrected chi connectivity index (χ0v) is 15.0. The molecular weight excluding hydrogens is 336 g/mol. The number of nitrogens with zero attached hydrogens (tertiary/aromatic N) is 3. The quantitative estimate of drug-likeness (QED) is 0.737. The lowest BCUT2D eigenvalue weighted by molar-refractivity contribution is -0.122. The van der Waals surface area contributed by atoms with Crippen LogP contribution in [-0.2, 0) is 17.9 Å². The molecule has 0 saturated heterocycles. The number of thiophene rings is 1. The molecule has 2 aromatic heterocycles. The first-order valence-electron chi connectivity index (χ1n) is 8.05. The van der Waals surface area contributed by atoms with Crippen LogP contribution in [0.4, 0.5) is 0 Å². The van der Waals surface area contributed by atoms with E-state index in [0.29, 0.717) is 12.4 Å². The van der Waals surface area contributed by atoms with Gasteiger partial charge in [-0.2, -0.15) is 5.10 Å². The van der Waals surface area contributed by atoms with Gasteiger partial charge in [0.25, 0.3) is 0 Å². The van der Waals surface area contributed by atoms with Gasteiger partial charge in [-0.05, 0) is 30.9 Å². The standard InChI is InChI=1S/C18H20N4O2S/c1-13(16-9-6-10-25-16)19-17(23)12-22-18(24)21(14(2)20-22)11-15-7-4-3-5-8-15/h3-10,13H,11-12H2,1-2H3,(H,19,23)/t13-/m0/s1. The first kappa shape index (κ1) is 17.2. The van der Waals surface area contributed by atoms with Crippen molar-refractivity contribution in [3.63, 3.8) is 0 Å². The summed E-state index contributed by atoms with van der Waals surface area (Å²) in [7, 11) is 0. The van der Waals surface area contributed by atoms with Gasteiger partial charge in [-0.3, -0.25) is 9.36 Å². The maximum absolute atomic E-state index is 12.5. The second-order valence-electron chi connectivity index (χ2n) is 5.86. The predicted octanol–water partition coefficient (Wildman–Crippen LogP) is 2.34. The van der Waals surface area contributed by atoms with Gasteiger partial charge >= 0.3 is 5.69 Å². The number of hydrogen-bond acceptors (Lipinski definition) is 4. The number of amides is 1. The first-order valence-corrected chi connectivity index (χ1v) is 8.93. The summed E-state index contributed by atoms with van der Waals surface area (Å²) in [5.74, 6) is 0.361. The van der Waals surface area contributed by atoms with Crippen LogP contribution in [0.2, 0.25) is 0 Å². The van der Waals surface area contributed by atoms with Crippen LogP contribution in [0.15, 0.2) is 52.6 Å². The van der Waals surface area contributed by atoms with E-state index in [9.17, 15) is 9.59 Å². The maximum Gasteiger partial charge on any atom is 0.346 e. The van der Waals surface area contributed by atoms with Crippen molar-refractivity contribution in [2.24, 2.45) is 0 Å². The zero-order valence-electron chi connectivity index (χ0n) is 14.2. The van der Waals surface area contributed by atoms with E-state index in [1.165, 1.54) is 4.68 Å². The van der Waals surface area contributed by atoms with Crippen LogP contribution in [0.3, 0.4) is 0 Å². The Balaban J connectivity index is 1.70. The third-order valence-corrected chi connectivity index (χ3v) is 4.99. The van der Waals surface area contributed by atoms with Gasteiger partial charge in [-0.25, -0.2) is 9.48 Å². The first-order chi connectivity index (χ1) is 12.0. The molecular formula is C18H20N4O2S. The molecule has 0 unspecified atom stereocenters. The number of nitrogens with one attached hydrogen (secondary N) is 1. The monoisotopic (exact) mass is 356 g/mol. The molecule has 1 aromatic carbocycles. The number of hydrogen-bond donors (Lipinski definition) is 1. The highest BCUT2D eigenvalue weighted by Gasteiger charge is 2.15.